The maximum atomic E-state index is 11.5. The SMILES string of the molecule is CC(C)N(C(=O)/C=C/C(=O)O)C(C)C. The predicted molar refractivity (Wildman–Crippen MR) is 53.9 cm³/mol. The second-order valence-corrected chi connectivity index (χ2v) is 3.60. The predicted octanol–water partition coefficient (Wildman–Crippen LogP) is 1.27. The van der Waals surface area contributed by atoms with E-state index in [2.05, 4.69) is 0 Å². The lowest BCUT2D eigenvalue weighted by Crippen LogP contribution is -2.41. The molecule has 0 atom stereocenters. The Morgan fingerprint density at radius 2 is 1.50 bits per heavy atom. The quantitative estimate of drug-likeness (QED) is 0.694. The van der Waals surface area contributed by atoms with Crippen LogP contribution in [-0.2, 0) is 9.59 Å². The molecule has 0 saturated carbocycles. The van der Waals surface area contributed by atoms with Crippen molar-refractivity contribution >= 4 is 11.9 Å². The first-order chi connectivity index (χ1) is 6.36. The maximum absolute atomic E-state index is 11.5. The zero-order valence-electron chi connectivity index (χ0n) is 9.02. The number of amides is 1. The topological polar surface area (TPSA) is 57.6 Å². The van der Waals surface area contributed by atoms with Crippen LogP contribution in [-0.4, -0.2) is 34.0 Å². The van der Waals surface area contributed by atoms with Gasteiger partial charge in [-0.1, -0.05) is 0 Å². The molecule has 0 radical (unpaired) electrons. The fourth-order valence-corrected chi connectivity index (χ4v) is 1.33. The number of carboxylic acids is 1. The van der Waals surface area contributed by atoms with Crippen molar-refractivity contribution in [3.63, 3.8) is 0 Å². The van der Waals surface area contributed by atoms with Gasteiger partial charge in [0.25, 0.3) is 0 Å². The van der Waals surface area contributed by atoms with Gasteiger partial charge in [-0.3, -0.25) is 4.79 Å². The molecule has 1 N–H and O–H groups in total. The molecule has 0 aromatic carbocycles. The summed E-state index contributed by atoms with van der Waals surface area (Å²) < 4.78 is 0. The minimum atomic E-state index is -1.11. The summed E-state index contributed by atoms with van der Waals surface area (Å²) in [5, 5.41) is 8.36. The lowest BCUT2D eigenvalue weighted by atomic mass is 10.2. The number of rotatable bonds is 4. The van der Waals surface area contributed by atoms with Crippen molar-refractivity contribution in [1.29, 1.82) is 0 Å². The van der Waals surface area contributed by atoms with Crippen molar-refractivity contribution in [1.82, 2.24) is 4.90 Å². The van der Waals surface area contributed by atoms with E-state index in [-0.39, 0.29) is 18.0 Å². The number of nitrogens with zero attached hydrogens (tertiary/aromatic N) is 1. The summed E-state index contributed by atoms with van der Waals surface area (Å²) in [6.07, 6.45) is 1.95. The van der Waals surface area contributed by atoms with Crippen LogP contribution in [0.3, 0.4) is 0 Å². The van der Waals surface area contributed by atoms with Crippen molar-refractivity contribution in [2.24, 2.45) is 0 Å². The van der Waals surface area contributed by atoms with Gasteiger partial charge in [-0.2, -0.15) is 0 Å². The van der Waals surface area contributed by atoms with E-state index in [4.69, 9.17) is 5.11 Å². The lowest BCUT2D eigenvalue weighted by molar-refractivity contribution is -0.133. The molecule has 0 rings (SSSR count). The van der Waals surface area contributed by atoms with Gasteiger partial charge in [-0.15, -0.1) is 0 Å². The smallest absolute Gasteiger partial charge is 0.328 e. The van der Waals surface area contributed by atoms with Crippen LogP contribution in [0.4, 0.5) is 0 Å². The lowest BCUT2D eigenvalue weighted by Gasteiger charge is -2.29. The summed E-state index contributed by atoms with van der Waals surface area (Å²) in [6, 6.07) is 0.141. The van der Waals surface area contributed by atoms with Gasteiger partial charge in [0, 0.05) is 24.2 Å². The van der Waals surface area contributed by atoms with E-state index in [1.807, 2.05) is 27.7 Å². The molecule has 0 fully saturated rings. The van der Waals surface area contributed by atoms with Crippen molar-refractivity contribution < 1.29 is 14.7 Å². The van der Waals surface area contributed by atoms with Gasteiger partial charge in [0.1, 0.15) is 0 Å². The van der Waals surface area contributed by atoms with Crippen LogP contribution in [0.5, 0.6) is 0 Å². The number of carbonyl (C=O) groups excluding carboxylic acids is 1. The van der Waals surface area contributed by atoms with Gasteiger partial charge in [0.05, 0.1) is 0 Å². The average molecular weight is 199 g/mol. The molecule has 14 heavy (non-hydrogen) atoms. The number of aliphatic carboxylic acids is 1. The van der Waals surface area contributed by atoms with Crippen molar-refractivity contribution in [2.75, 3.05) is 0 Å². The Bertz CT molecular complexity index is 236. The van der Waals surface area contributed by atoms with Gasteiger partial charge in [-0.05, 0) is 27.7 Å². The Kier molecular flexibility index (Phi) is 4.91. The molecule has 1 amide bonds. The molecule has 4 heteroatoms. The molecule has 0 aliphatic rings. The van der Waals surface area contributed by atoms with Gasteiger partial charge in [0.15, 0.2) is 0 Å². The van der Waals surface area contributed by atoms with Crippen LogP contribution in [0.25, 0.3) is 0 Å². The first-order valence-corrected chi connectivity index (χ1v) is 4.59. The van der Waals surface area contributed by atoms with E-state index in [1.54, 1.807) is 4.90 Å². The molecular formula is C10H17NO3. The Morgan fingerprint density at radius 1 is 1.07 bits per heavy atom. The molecule has 0 aliphatic carbocycles. The van der Waals surface area contributed by atoms with E-state index < -0.39 is 5.97 Å². The van der Waals surface area contributed by atoms with Crippen molar-refractivity contribution in [3.05, 3.63) is 12.2 Å². The highest BCUT2D eigenvalue weighted by Crippen LogP contribution is 2.05. The van der Waals surface area contributed by atoms with Gasteiger partial charge >= 0.3 is 5.97 Å². The normalized spacial score (nSPS) is 11.3. The second-order valence-electron chi connectivity index (χ2n) is 3.60. The van der Waals surface area contributed by atoms with Crippen LogP contribution in [0, 0.1) is 0 Å². The summed E-state index contributed by atoms with van der Waals surface area (Å²) in [4.78, 5) is 23.3. The van der Waals surface area contributed by atoms with E-state index in [0.29, 0.717) is 0 Å². The molecule has 0 heterocycles. The van der Waals surface area contributed by atoms with E-state index in [9.17, 15) is 9.59 Å². The summed E-state index contributed by atoms with van der Waals surface area (Å²) in [5.41, 5.74) is 0. The van der Waals surface area contributed by atoms with Gasteiger partial charge < -0.3 is 10.0 Å². The Balaban J connectivity index is 4.53. The van der Waals surface area contributed by atoms with Crippen molar-refractivity contribution in [3.8, 4) is 0 Å². The molecule has 4 nitrogen and oxygen atoms in total. The van der Waals surface area contributed by atoms with E-state index in [0.717, 1.165) is 12.2 Å². The third-order valence-corrected chi connectivity index (χ3v) is 1.74. The van der Waals surface area contributed by atoms with Crippen LogP contribution >= 0.6 is 0 Å². The molecule has 0 bridgehead atoms. The van der Waals surface area contributed by atoms with Crippen LogP contribution in [0.15, 0.2) is 12.2 Å². The van der Waals surface area contributed by atoms with Crippen LogP contribution < -0.4 is 0 Å². The first kappa shape index (κ1) is 12.7. The standard InChI is InChI=1S/C10H17NO3/c1-7(2)11(8(3)4)9(12)5-6-10(13)14/h5-8H,1-4H3,(H,13,14)/b6-5+. The minimum Gasteiger partial charge on any atom is -0.478 e. The van der Waals surface area contributed by atoms with E-state index in [1.165, 1.54) is 0 Å². The zero-order valence-corrected chi connectivity index (χ0v) is 9.02. The number of hydrogen-bond donors (Lipinski definition) is 1. The third kappa shape index (κ3) is 4.07. The van der Waals surface area contributed by atoms with Gasteiger partial charge in [0.2, 0.25) is 5.91 Å². The summed E-state index contributed by atoms with van der Waals surface area (Å²) in [6.45, 7) is 7.58. The highest BCUT2D eigenvalue weighted by Gasteiger charge is 2.17. The monoisotopic (exact) mass is 199 g/mol. The highest BCUT2D eigenvalue weighted by molar-refractivity contribution is 5.94. The maximum Gasteiger partial charge on any atom is 0.328 e. The fraction of sp³-hybridized carbons (Fsp3) is 0.600. The molecule has 80 valence electrons. The van der Waals surface area contributed by atoms with Crippen molar-refractivity contribution in [2.45, 2.75) is 39.8 Å². The molecular weight excluding hydrogens is 182 g/mol. The van der Waals surface area contributed by atoms with Crippen LogP contribution in [0.2, 0.25) is 0 Å². The molecule has 0 aromatic rings. The molecule has 0 spiro atoms. The Hall–Kier alpha value is -1.32. The Morgan fingerprint density at radius 3 is 1.79 bits per heavy atom. The number of hydrogen-bond acceptors (Lipinski definition) is 2. The van der Waals surface area contributed by atoms with E-state index >= 15 is 0 Å². The largest absolute Gasteiger partial charge is 0.478 e. The second kappa shape index (κ2) is 5.42. The van der Waals surface area contributed by atoms with Crippen LogP contribution in [0.1, 0.15) is 27.7 Å². The average Bonchev–Trinajstić information content (AvgIpc) is 1.99. The zero-order chi connectivity index (χ0) is 11.3. The minimum absolute atomic E-state index is 0.0703. The first-order valence-electron chi connectivity index (χ1n) is 4.59. The summed E-state index contributed by atoms with van der Waals surface area (Å²) in [7, 11) is 0. The number of carbonyl (C=O) groups is 2. The summed E-state index contributed by atoms with van der Waals surface area (Å²) >= 11 is 0. The molecule has 0 aromatic heterocycles. The fourth-order valence-electron chi connectivity index (χ4n) is 1.33. The highest BCUT2D eigenvalue weighted by atomic mass is 16.4. The summed E-state index contributed by atoms with van der Waals surface area (Å²) in [5.74, 6) is -1.37. The molecule has 0 aliphatic heterocycles. The molecule has 0 unspecified atom stereocenters. The third-order valence-electron chi connectivity index (χ3n) is 1.74. The molecule has 0 saturated heterocycles. The number of carboxylic acid groups (broad SMARTS) is 1. The Labute approximate surface area is 84.2 Å². The van der Waals surface area contributed by atoms with Gasteiger partial charge in [-0.25, -0.2) is 4.79 Å².